The Kier molecular flexibility index (Phi) is 9.45. The second kappa shape index (κ2) is 13.9. The molecule has 2 amide bonds. The van der Waals surface area contributed by atoms with Gasteiger partial charge in [-0.2, -0.15) is 16.7 Å². The average Bonchev–Trinajstić information content (AvgIpc) is 3.23. The Bertz CT molecular complexity index is 1260. The van der Waals surface area contributed by atoms with E-state index in [0.717, 1.165) is 6.33 Å². The number of carbonyl (C=O) groups excluding carboxylic acids is 2. The number of imidazole rings is 1. The van der Waals surface area contributed by atoms with E-state index < -0.39 is 77.8 Å². The van der Waals surface area contributed by atoms with Gasteiger partial charge in [0, 0.05) is 56.7 Å². The summed E-state index contributed by atoms with van der Waals surface area (Å²) in [6.07, 6.45) is 0.172. The largest absolute Gasteiger partial charge is 0.480 e. The molecule has 2 aromatic rings. The number of amides is 2. The van der Waals surface area contributed by atoms with E-state index in [1.165, 1.54) is 0 Å². The number of fused-ring (bicyclic) bond motifs is 1. The third kappa shape index (κ3) is 8.94. The molecule has 0 aliphatic carbocycles. The summed E-state index contributed by atoms with van der Waals surface area (Å²) in [5.41, 5.74) is 6.43. The first kappa shape index (κ1) is 23.1. The average molecular weight is 512 g/mol. The second-order valence-corrected chi connectivity index (χ2v) is 7.30. The molecule has 181 valence electrons. The van der Waals surface area contributed by atoms with Crippen LogP contribution in [-0.2, 0) is 25.7 Å². The van der Waals surface area contributed by atoms with Crippen LogP contribution in [-0.4, -0.2) is 113 Å². The molecule has 0 fully saturated rings. The molecule has 2 aromatic heterocycles. The maximum atomic E-state index is 12.5. The van der Waals surface area contributed by atoms with Crippen molar-refractivity contribution >= 4 is 82.2 Å². The molecule has 0 aliphatic heterocycles. The summed E-state index contributed by atoms with van der Waals surface area (Å²) in [7, 11) is 0. The molecule has 0 unspecified atom stereocenters. The molecule has 0 saturated carbocycles. The van der Waals surface area contributed by atoms with Crippen LogP contribution in [0.25, 0.3) is 11.2 Å². The van der Waals surface area contributed by atoms with Crippen LogP contribution in [0.15, 0.2) is 11.1 Å². The van der Waals surface area contributed by atoms with Crippen LogP contribution in [0, 0.1) is 0 Å². The van der Waals surface area contributed by atoms with E-state index in [0.29, 0.717) is 4.57 Å². The first-order valence-corrected chi connectivity index (χ1v) is 10.2. The first-order valence-electron chi connectivity index (χ1n) is 11.2. The van der Waals surface area contributed by atoms with Crippen molar-refractivity contribution < 1.29 is 34.9 Å². The summed E-state index contributed by atoms with van der Waals surface area (Å²) in [5.74, 6) is -5.44. The number of carboxylic acids is 2. The van der Waals surface area contributed by atoms with Crippen LogP contribution in [0.5, 0.6) is 0 Å². The zero-order chi connectivity index (χ0) is 28.1. The number of carboxylic acid groups (broad SMARTS) is 2. The van der Waals surface area contributed by atoms with E-state index in [2.05, 4.69) is 20.3 Å². The molecule has 15 nitrogen and oxygen atoms in total. The van der Waals surface area contributed by atoms with Crippen LogP contribution in [0.2, 0.25) is 0 Å². The van der Waals surface area contributed by atoms with E-state index in [4.69, 9.17) is 27.2 Å². The van der Waals surface area contributed by atoms with Crippen LogP contribution in [0.4, 0.5) is 5.95 Å². The number of carbonyl (C=O) groups is 4. The zero-order valence-electron chi connectivity index (χ0n) is 21.9. The summed E-state index contributed by atoms with van der Waals surface area (Å²) in [4.78, 5) is 68.3. The van der Waals surface area contributed by atoms with Crippen LogP contribution in [0.1, 0.15) is 18.3 Å². The first-order chi connectivity index (χ1) is 17.1. The molecule has 0 aliphatic rings. The Balaban J connectivity index is 0.00000722. The number of nitrogen functional groups attached to an aromatic ring is 1. The molecule has 0 bridgehead atoms. The zero-order valence-corrected chi connectivity index (χ0v) is 20.7. The number of hydrogen-bond donors (Lipinski definition) is 7. The van der Waals surface area contributed by atoms with E-state index in [1.807, 2.05) is 5.32 Å². The Morgan fingerprint density at radius 2 is 2.03 bits per heavy atom. The van der Waals surface area contributed by atoms with Crippen molar-refractivity contribution in [3.63, 3.8) is 0 Å². The van der Waals surface area contributed by atoms with Crippen molar-refractivity contribution in [3.8, 4) is 0 Å². The number of aromatic amines is 1. The summed E-state index contributed by atoms with van der Waals surface area (Å²) in [6, 6.07) is -2.88. The van der Waals surface area contributed by atoms with Gasteiger partial charge >= 0.3 is 11.9 Å². The minimum atomic E-state index is -2.95. The van der Waals surface area contributed by atoms with Crippen molar-refractivity contribution in [1.29, 1.82) is 0 Å². The Morgan fingerprint density at radius 1 is 1.32 bits per heavy atom. The Labute approximate surface area is 224 Å². The number of nitrogens with zero attached hydrogens (tertiary/aromatic N) is 3. The molecule has 2 rings (SSSR count). The van der Waals surface area contributed by atoms with Crippen LogP contribution >= 0.6 is 11.8 Å². The number of hydrogen-bond acceptors (Lipinski definition) is 10. The predicted octanol–water partition coefficient (Wildman–Crippen LogP) is -3.07. The van der Waals surface area contributed by atoms with Gasteiger partial charge in [-0.3, -0.25) is 29.0 Å². The number of nitrogens with two attached hydrogens (primary N) is 2. The Hall–Kier alpha value is -2.66. The number of aliphatic carboxylic acids is 2. The molecule has 17 heteroatoms. The van der Waals surface area contributed by atoms with Crippen molar-refractivity contribution in [2.24, 2.45) is 5.73 Å². The third-order valence-corrected chi connectivity index (χ3v) is 4.72. The van der Waals surface area contributed by atoms with Gasteiger partial charge in [-0.15, -0.1) is 0 Å². The standard InChI is InChI=1S/C17H24N8O7S.Na/c18-8(16(31)32)1-2-10(26)22-9(14(29)20-5-11(27)28)6-33-4-3-25-7-21-13-12(25)15(30)24-17(19)23-13;/h7-9H,1-6,18H2,(H,20,29)(H,22,26)(H,27,28)(H,31,32)(H3,19,23,24,30);/t8-,9-;/m0./s1/i3D2,4D2;. The van der Waals surface area contributed by atoms with E-state index in [-0.39, 0.29) is 59.3 Å². The number of anilines is 1. The van der Waals surface area contributed by atoms with E-state index in [9.17, 15) is 24.0 Å². The number of aryl methyl sites for hydroxylation is 1. The molecule has 0 saturated heterocycles. The van der Waals surface area contributed by atoms with E-state index >= 15 is 0 Å². The van der Waals surface area contributed by atoms with Gasteiger partial charge in [0.25, 0.3) is 5.56 Å². The summed E-state index contributed by atoms with van der Waals surface area (Å²) >= 11 is 0.254. The minimum Gasteiger partial charge on any atom is -0.480 e. The molecule has 1 radical (unpaired) electrons. The number of rotatable bonds is 13. The Morgan fingerprint density at radius 3 is 2.68 bits per heavy atom. The maximum Gasteiger partial charge on any atom is 0.322 e. The van der Waals surface area contributed by atoms with Crippen LogP contribution < -0.4 is 27.7 Å². The van der Waals surface area contributed by atoms with Gasteiger partial charge in [0.05, 0.1) is 9.07 Å². The molecular formula is C17H24N8NaO7S. The number of H-pyrrole nitrogens is 1. The molecule has 34 heavy (non-hydrogen) atoms. The molecule has 2 atom stereocenters. The molecule has 9 N–H and O–H groups in total. The second-order valence-electron chi connectivity index (χ2n) is 6.48. The molecule has 0 spiro atoms. The summed E-state index contributed by atoms with van der Waals surface area (Å²) < 4.78 is 33.9. The normalized spacial score (nSPS) is 15.0. The molecule has 0 aromatic carbocycles. The fraction of sp³-hybridized carbons (Fsp3) is 0.471. The van der Waals surface area contributed by atoms with Gasteiger partial charge in [0.1, 0.15) is 18.6 Å². The SMILES string of the molecule is [2H]C([2H])(SC[C@H](NC(=O)CC[C@H](N)C(=O)O)C(=O)NCC(=O)O)C([2H])([2H])n1cnc2nc(N)[nH]c(=O)c21.[Na]. The smallest absolute Gasteiger partial charge is 0.322 e. The topological polar surface area (TPSA) is 248 Å². The fourth-order valence-electron chi connectivity index (χ4n) is 2.39. The van der Waals surface area contributed by atoms with Crippen molar-refractivity contribution in [3.05, 3.63) is 16.7 Å². The van der Waals surface area contributed by atoms with Gasteiger partial charge in [-0.05, 0) is 6.42 Å². The minimum absolute atomic E-state index is 0. The van der Waals surface area contributed by atoms with Crippen molar-refractivity contribution in [2.75, 3.05) is 23.7 Å². The van der Waals surface area contributed by atoms with Gasteiger partial charge < -0.3 is 36.9 Å². The number of aromatic nitrogens is 4. The number of thioether (sulfide) groups is 1. The number of nitrogens with one attached hydrogen (secondary N) is 3. The van der Waals surface area contributed by atoms with E-state index in [1.54, 1.807) is 0 Å². The maximum absolute atomic E-state index is 12.5. The van der Waals surface area contributed by atoms with Gasteiger partial charge in [-0.25, -0.2) is 4.98 Å². The monoisotopic (exact) mass is 511 g/mol. The quantitative estimate of drug-likeness (QED) is 0.132. The van der Waals surface area contributed by atoms with Gasteiger partial charge in [0.2, 0.25) is 17.8 Å². The van der Waals surface area contributed by atoms with Gasteiger partial charge in [0.15, 0.2) is 11.2 Å². The summed E-state index contributed by atoms with van der Waals surface area (Å²) in [6.45, 7) is -3.76. The van der Waals surface area contributed by atoms with Crippen molar-refractivity contribution in [1.82, 2.24) is 30.2 Å². The van der Waals surface area contributed by atoms with Crippen LogP contribution in [0.3, 0.4) is 0 Å². The van der Waals surface area contributed by atoms with Gasteiger partial charge in [-0.1, -0.05) is 0 Å². The fourth-order valence-corrected chi connectivity index (χ4v) is 3.03. The predicted molar refractivity (Wildman–Crippen MR) is 123 cm³/mol. The molecule has 2 heterocycles. The third-order valence-electron chi connectivity index (χ3n) is 3.98. The molecular weight excluding hydrogens is 483 g/mol. The summed E-state index contributed by atoms with van der Waals surface area (Å²) in [5, 5.41) is 21.9. The van der Waals surface area contributed by atoms with Crippen molar-refractivity contribution in [2.45, 2.75) is 31.4 Å².